The number of fused-ring (bicyclic) bond motifs is 3. The molecule has 0 saturated carbocycles. The second-order valence-corrected chi connectivity index (χ2v) is 9.88. The van der Waals surface area contributed by atoms with Crippen molar-refractivity contribution in [1.29, 1.82) is 0 Å². The monoisotopic (exact) mass is 469 g/mol. The number of thioether (sulfide) groups is 1. The van der Waals surface area contributed by atoms with Crippen LogP contribution in [0.5, 0.6) is 5.75 Å². The first kappa shape index (κ1) is 22.6. The molecule has 32 heavy (non-hydrogen) atoms. The van der Waals surface area contributed by atoms with Gasteiger partial charge in [0, 0.05) is 18.0 Å². The van der Waals surface area contributed by atoms with E-state index in [-0.39, 0.29) is 11.5 Å². The number of nitrogens with one attached hydrogen (secondary N) is 1. The van der Waals surface area contributed by atoms with Crippen molar-refractivity contribution in [3.8, 4) is 5.75 Å². The van der Waals surface area contributed by atoms with E-state index >= 15 is 0 Å². The number of benzene rings is 1. The quantitative estimate of drug-likeness (QED) is 0.473. The molecule has 6 nitrogen and oxygen atoms in total. The third kappa shape index (κ3) is 5.07. The van der Waals surface area contributed by atoms with Gasteiger partial charge in [-0.3, -0.25) is 9.59 Å². The number of aryl methyl sites for hydroxylation is 2. The zero-order valence-corrected chi connectivity index (χ0v) is 19.8. The molecule has 168 valence electrons. The van der Waals surface area contributed by atoms with Gasteiger partial charge in [-0.2, -0.15) is 0 Å². The molecule has 8 heteroatoms. The molecule has 0 aliphatic heterocycles. The fourth-order valence-corrected chi connectivity index (χ4v) is 6.04. The minimum atomic E-state index is -0.0517. The van der Waals surface area contributed by atoms with Gasteiger partial charge in [0.25, 0.3) is 5.56 Å². The average Bonchev–Trinajstić information content (AvgIpc) is 3.18. The van der Waals surface area contributed by atoms with Crippen molar-refractivity contribution < 1.29 is 9.53 Å². The first-order chi connectivity index (χ1) is 15.6. The van der Waals surface area contributed by atoms with Crippen LogP contribution in [0.25, 0.3) is 10.2 Å². The lowest BCUT2D eigenvalue weighted by Crippen LogP contribution is -2.32. The van der Waals surface area contributed by atoms with Gasteiger partial charge in [0.2, 0.25) is 5.91 Å². The average molecular weight is 470 g/mol. The summed E-state index contributed by atoms with van der Waals surface area (Å²) in [5.41, 5.74) is 2.17. The Morgan fingerprint density at radius 3 is 2.84 bits per heavy atom. The topological polar surface area (TPSA) is 75.3 Å². The summed E-state index contributed by atoms with van der Waals surface area (Å²) in [7, 11) is 1.63. The molecule has 0 spiro atoms. The van der Waals surface area contributed by atoms with E-state index < -0.39 is 0 Å². The summed E-state index contributed by atoms with van der Waals surface area (Å²) in [6, 6.07) is 7.70. The molecule has 0 fully saturated rings. The molecule has 0 bridgehead atoms. The van der Waals surface area contributed by atoms with Crippen LogP contribution in [-0.4, -0.2) is 40.2 Å². The molecule has 1 amide bonds. The highest BCUT2D eigenvalue weighted by Crippen LogP contribution is 2.33. The molecular weight excluding hydrogens is 442 g/mol. The molecule has 0 unspecified atom stereocenters. The molecule has 2 aromatic heterocycles. The van der Waals surface area contributed by atoms with E-state index in [2.05, 4.69) is 11.6 Å². The second-order valence-electron chi connectivity index (χ2n) is 7.81. The Hall–Kier alpha value is -2.58. The van der Waals surface area contributed by atoms with Gasteiger partial charge in [0.15, 0.2) is 0 Å². The number of ether oxygens (including phenoxy) is 1. The molecule has 0 radical (unpaired) electrons. The largest absolute Gasteiger partial charge is 0.497 e. The third-order valence-electron chi connectivity index (χ3n) is 5.57. The summed E-state index contributed by atoms with van der Waals surface area (Å²) in [4.78, 5) is 37.0. The van der Waals surface area contributed by atoms with Crippen LogP contribution >= 0.6 is 23.1 Å². The first-order valence-electron chi connectivity index (χ1n) is 10.7. The Morgan fingerprint density at radius 1 is 1.31 bits per heavy atom. The maximum absolute atomic E-state index is 12.8. The molecule has 1 aromatic carbocycles. The minimum absolute atomic E-state index is 0.0285. The van der Waals surface area contributed by atoms with E-state index in [1.54, 1.807) is 29.4 Å². The van der Waals surface area contributed by atoms with Crippen LogP contribution in [0.3, 0.4) is 0 Å². The van der Waals surface area contributed by atoms with Crippen molar-refractivity contribution in [1.82, 2.24) is 14.9 Å². The summed E-state index contributed by atoms with van der Waals surface area (Å²) >= 11 is 3.11. The van der Waals surface area contributed by atoms with E-state index in [9.17, 15) is 9.59 Å². The van der Waals surface area contributed by atoms with E-state index in [0.717, 1.165) is 40.8 Å². The van der Waals surface area contributed by atoms with Crippen LogP contribution in [0.4, 0.5) is 0 Å². The van der Waals surface area contributed by atoms with Crippen molar-refractivity contribution in [2.45, 2.75) is 38.0 Å². The SMILES string of the molecule is C=CCN(Cc1ccc(OC)cc1)C(=O)CSCc1nc2sc3c(c2c(=O)[nH]1)CCCC3. The number of thiophene rings is 1. The predicted molar refractivity (Wildman–Crippen MR) is 132 cm³/mol. The zero-order chi connectivity index (χ0) is 22.5. The predicted octanol–water partition coefficient (Wildman–Crippen LogP) is 4.32. The van der Waals surface area contributed by atoms with Crippen LogP contribution in [0.2, 0.25) is 0 Å². The summed E-state index contributed by atoms with van der Waals surface area (Å²) in [6.45, 7) is 4.77. The summed E-state index contributed by atoms with van der Waals surface area (Å²) in [6.07, 6.45) is 6.06. The van der Waals surface area contributed by atoms with Gasteiger partial charge in [0.1, 0.15) is 16.4 Å². The number of methoxy groups -OCH3 is 1. The summed E-state index contributed by atoms with van der Waals surface area (Å²) in [5, 5.41) is 0.770. The fourth-order valence-electron chi connectivity index (χ4n) is 3.96. The number of hydrogen-bond acceptors (Lipinski definition) is 6. The van der Waals surface area contributed by atoms with Gasteiger partial charge in [-0.1, -0.05) is 18.2 Å². The molecule has 1 N–H and O–H groups in total. The number of hydrogen-bond donors (Lipinski definition) is 1. The Kier molecular flexibility index (Phi) is 7.32. The molecule has 3 aromatic rings. The lowest BCUT2D eigenvalue weighted by molar-refractivity contribution is -0.128. The second kappa shape index (κ2) is 10.4. The van der Waals surface area contributed by atoms with Gasteiger partial charge in [-0.15, -0.1) is 29.7 Å². The van der Waals surface area contributed by atoms with Crippen molar-refractivity contribution in [3.05, 3.63) is 69.1 Å². The maximum atomic E-state index is 12.8. The third-order valence-corrected chi connectivity index (χ3v) is 7.69. The van der Waals surface area contributed by atoms with E-state index in [0.29, 0.717) is 30.4 Å². The molecule has 2 heterocycles. The summed E-state index contributed by atoms with van der Waals surface area (Å²) < 4.78 is 5.19. The Bertz CT molecular complexity index is 1170. The highest BCUT2D eigenvalue weighted by molar-refractivity contribution is 7.99. The molecule has 0 atom stereocenters. The van der Waals surface area contributed by atoms with Gasteiger partial charge < -0.3 is 14.6 Å². The molecule has 4 rings (SSSR count). The van der Waals surface area contributed by atoms with E-state index in [1.807, 2.05) is 24.3 Å². The van der Waals surface area contributed by atoms with Gasteiger partial charge in [-0.05, 0) is 48.9 Å². The first-order valence-corrected chi connectivity index (χ1v) is 12.7. The highest BCUT2D eigenvalue weighted by atomic mass is 32.2. The lowest BCUT2D eigenvalue weighted by atomic mass is 9.97. The number of rotatable bonds is 9. The molecule has 1 aliphatic carbocycles. The number of amides is 1. The minimum Gasteiger partial charge on any atom is -0.497 e. The van der Waals surface area contributed by atoms with Crippen LogP contribution < -0.4 is 10.3 Å². The van der Waals surface area contributed by atoms with Gasteiger partial charge >= 0.3 is 0 Å². The Morgan fingerprint density at radius 2 is 2.09 bits per heavy atom. The highest BCUT2D eigenvalue weighted by Gasteiger charge is 2.20. The fraction of sp³-hybridized carbons (Fsp3) is 0.375. The standard InChI is InChI=1S/C24H27N3O3S2/c1-3-12-27(13-16-8-10-17(30-2)11-9-16)21(28)15-31-14-20-25-23(29)22-18-6-4-5-7-19(18)32-24(22)26-20/h3,8-11H,1,4-7,12-15H2,2H3,(H,25,26,29). The van der Waals surface area contributed by atoms with Crippen molar-refractivity contribution in [3.63, 3.8) is 0 Å². The van der Waals surface area contributed by atoms with Crippen LogP contribution in [0, 0.1) is 0 Å². The molecular formula is C24H27N3O3S2. The molecule has 1 aliphatic rings. The van der Waals surface area contributed by atoms with Crippen LogP contribution in [-0.2, 0) is 29.9 Å². The van der Waals surface area contributed by atoms with Crippen molar-refractivity contribution >= 4 is 39.2 Å². The number of H-pyrrole nitrogens is 1. The Balaban J connectivity index is 1.38. The zero-order valence-electron chi connectivity index (χ0n) is 18.2. The Labute approximate surface area is 195 Å². The van der Waals surface area contributed by atoms with Gasteiger partial charge in [0.05, 0.1) is 24.0 Å². The number of aromatic amines is 1. The smallest absolute Gasteiger partial charge is 0.259 e. The van der Waals surface area contributed by atoms with Crippen molar-refractivity contribution in [2.75, 3.05) is 19.4 Å². The van der Waals surface area contributed by atoms with E-state index in [4.69, 9.17) is 9.72 Å². The van der Waals surface area contributed by atoms with Crippen molar-refractivity contribution in [2.24, 2.45) is 0 Å². The molecule has 0 saturated heterocycles. The van der Waals surface area contributed by atoms with Crippen LogP contribution in [0.1, 0.15) is 34.7 Å². The number of carbonyl (C=O) groups excluding carboxylic acids is 1. The van der Waals surface area contributed by atoms with Crippen LogP contribution in [0.15, 0.2) is 41.7 Å². The maximum Gasteiger partial charge on any atom is 0.259 e. The normalized spacial score (nSPS) is 13.0. The number of carbonyl (C=O) groups is 1. The lowest BCUT2D eigenvalue weighted by Gasteiger charge is -2.21. The summed E-state index contributed by atoms with van der Waals surface area (Å²) in [5.74, 6) is 2.25. The number of aromatic nitrogens is 2. The van der Waals surface area contributed by atoms with E-state index in [1.165, 1.54) is 28.6 Å². The van der Waals surface area contributed by atoms with Gasteiger partial charge in [-0.25, -0.2) is 4.98 Å². The number of nitrogens with zero attached hydrogens (tertiary/aromatic N) is 2.